The van der Waals surface area contributed by atoms with E-state index in [0.29, 0.717) is 12.1 Å². The fourth-order valence-electron chi connectivity index (χ4n) is 1.01. The highest BCUT2D eigenvalue weighted by molar-refractivity contribution is 5.97. The second kappa shape index (κ2) is 5.15. The predicted octanol–water partition coefficient (Wildman–Crippen LogP) is 1.23. The number of terminal acetylenes is 1. The minimum atomic E-state index is -0.409. The monoisotopic (exact) mass is 191 g/mol. The van der Waals surface area contributed by atoms with Crippen molar-refractivity contribution in [3.8, 4) is 12.3 Å². The van der Waals surface area contributed by atoms with Gasteiger partial charge in [0.1, 0.15) is 5.82 Å². The molecule has 0 bridgehead atoms. The topological polar surface area (TPSA) is 29.1 Å². The van der Waals surface area contributed by atoms with Gasteiger partial charge in [0.2, 0.25) is 0 Å². The third-order valence-electron chi connectivity index (χ3n) is 1.66. The van der Waals surface area contributed by atoms with Gasteiger partial charge in [-0.05, 0) is 12.1 Å². The molecule has 1 rings (SSSR count). The van der Waals surface area contributed by atoms with E-state index in [1.54, 1.807) is 6.07 Å². The van der Waals surface area contributed by atoms with E-state index in [9.17, 15) is 9.18 Å². The summed E-state index contributed by atoms with van der Waals surface area (Å²) in [5, 5.41) is 2.74. The first-order valence-electron chi connectivity index (χ1n) is 4.17. The van der Waals surface area contributed by atoms with Gasteiger partial charge in [-0.2, -0.15) is 0 Å². The Morgan fingerprint density at radius 2 is 2.36 bits per heavy atom. The van der Waals surface area contributed by atoms with Crippen molar-refractivity contribution in [1.29, 1.82) is 0 Å². The second-order valence-electron chi connectivity index (χ2n) is 2.74. The van der Waals surface area contributed by atoms with Gasteiger partial charge in [-0.15, -0.1) is 6.42 Å². The van der Waals surface area contributed by atoms with Crippen molar-refractivity contribution in [3.63, 3.8) is 0 Å². The summed E-state index contributed by atoms with van der Waals surface area (Å²) in [6, 6.07) is 5.58. The summed E-state index contributed by atoms with van der Waals surface area (Å²) < 4.78 is 12.7. The maximum Gasteiger partial charge on any atom is 0.176 e. The number of hydrogen-bond donors (Lipinski definition) is 1. The molecule has 0 spiro atoms. The van der Waals surface area contributed by atoms with Gasteiger partial charge in [-0.3, -0.25) is 10.1 Å². The number of halogens is 1. The lowest BCUT2D eigenvalue weighted by Gasteiger charge is -2.00. The standard InChI is InChI=1S/C11H10FNO/c1-2-6-13-8-11(14)9-4-3-5-10(12)7-9/h1,3-5,7,13H,6,8H2. The zero-order chi connectivity index (χ0) is 10.4. The van der Waals surface area contributed by atoms with Gasteiger partial charge in [-0.1, -0.05) is 18.1 Å². The van der Waals surface area contributed by atoms with Crippen LogP contribution >= 0.6 is 0 Å². The summed E-state index contributed by atoms with van der Waals surface area (Å²) in [4.78, 5) is 11.4. The molecule has 0 aliphatic carbocycles. The van der Waals surface area contributed by atoms with E-state index in [0.717, 1.165) is 0 Å². The molecular weight excluding hydrogens is 181 g/mol. The number of carbonyl (C=O) groups is 1. The molecule has 0 radical (unpaired) electrons. The van der Waals surface area contributed by atoms with Crippen molar-refractivity contribution < 1.29 is 9.18 Å². The second-order valence-corrected chi connectivity index (χ2v) is 2.74. The summed E-state index contributed by atoms with van der Waals surface area (Å²) >= 11 is 0. The largest absolute Gasteiger partial charge is 0.299 e. The molecule has 0 fully saturated rings. The van der Waals surface area contributed by atoms with Gasteiger partial charge >= 0.3 is 0 Å². The SMILES string of the molecule is C#CCNCC(=O)c1cccc(F)c1. The molecule has 0 atom stereocenters. The van der Waals surface area contributed by atoms with Crippen molar-refractivity contribution in [1.82, 2.24) is 5.32 Å². The Kier molecular flexibility index (Phi) is 3.84. The molecule has 0 saturated heterocycles. The molecule has 3 heteroatoms. The van der Waals surface area contributed by atoms with Crippen molar-refractivity contribution in [2.75, 3.05) is 13.1 Å². The zero-order valence-electron chi connectivity index (χ0n) is 7.59. The maximum atomic E-state index is 12.7. The number of nitrogens with one attached hydrogen (secondary N) is 1. The molecule has 0 aliphatic heterocycles. The van der Waals surface area contributed by atoms with E-state index in [4.69, 9.17) is 6.42 Å². The van der Waals surface area contributed by atoms with Crippen LogP contribution in [0.1, 0.15) is 10.4 Å². The lowest BCUT2D eigenvalue weighted by Crippen LogP contribution is -2.23. The van der Waals surface area contributed by atoms with Crippen molar-refractivity contribution >= 4 is 5.78 Å². The summed E-state index contributed by atoms with van der Waals surface area (Å²) in [5.41, 5.74) is 0.356. The Morgan fingerprint density at radius 1 is 1.57 bits per heavy atom. The van der Waals surface area contributed by atoms with E-state index in [2.05, 4.69) is 11.2 Å². The van der Waals surface area contributed by atoms with Crippen LogP contribution in [0.3, 0.4) is 0 Å². The highest BCUT2D eigenvalue weighted by atomic mass is 19.1. The van der Waals surface area contributed by atoms with Gasteiger partial charge in [0, 0.05) is 5.56 Å². The van der Waals surface area contributed by atoms with Crippen LogP contribution < -0.4 is 5.32 Å². The van der Waals surface area contributed by atoms with Crippen molar-refractivity contribution in [3.05, 3.63) is 35.6 Å². The fourth-order valence-corrected chi connectivity index (χ4v) is 1.01. The van der Waals surface area contributed by atoms with E-state index >= 15 is 0 Å². The first-order chi connectivity index (χ1) is 6.74. The number of carbonyl (C=O) groups excluding carboxylic acids is 1. The number of benzene rings is 1. The lowest BCUT2D eigenvalue weighted by molar-refractivity contribution is 0.0992. The molecule has 14 heavy (non-hydrogen) atoms. The van der Waals surface area contributed by atoms with Crippen LogP contribution in [0.4, 0.5) is 4.39 Å². The average Bonchev–Trinajstić information content (AvgIpc) is 2.18. The molecule has 1 N–H and O–H groups in total. The fraction of sp³-hybridized carbons (Fsp3) is 0.182. The molecule has 0 saturated carbocycles. The smallest absolute Gasteiger partial charge is 0.176 e. The summed E-state index contributed by atoms with van der Waals surface area (Å²) in [7, 11) is 0. The Bertz CT molecular complexity index is 368. The number of Topliss-reactive ketones (excluding diaryl/α,β-unsaturated/α-hetero) is 1. The van der Waals surface area contributed by atoms with Crippen molar-refractivity contribution in [2.45, 2.75) is 0 Å². The number of rotatable bonds is 4. The maximum absolute atomic E-state index is 12.7. The summed E-state index contributed by atoms with van der Waals surface area (Å²) in [5.74, 6) is 1.77. The summed E-state index contributed by atoms with van der Waals surface area (Å²) in [6.45, 7) is 0.467. The first kappa shape index (κ1) is 10.4. The first-order valence-corrected chi connectivity index (χ1v) is 4.17. The average molecular weight is 191 g/mol. The van der Waals surface area contributed by atoms with Gasteiger partial charge in [0.05, 0.1) is 13.1 Å². The minimum Gasteiger partial charge on any atom is -0.299 e. The van der Waals surface area contributed by atoms with Gasteiger partial charge in [0.15, 0.2) is 5.78 Å². The molecule has 0 amide bonds. The van der Waals surface area contributed by atoms with Crippen LogP contribution in [0.25, 0.3) is 0 Å². The van der Waals surface area contributed by atoms with Crippen molar-refractivity contribution in [2.24, 2.45) is 0 Å². The third kappa shape index (κ3) is 3.00. The molecule has 1 aromatic rings. The Balaban J connectivity index is 2.57. The zero-order valence-corrected chi connectivity index (χ0v) is 7.59. The van der Waals surface area contributed by atoms with E-state index < -0.39 is 5.82 Å². The molecule has 2 nitrogen and oxygen atoms in total. The number of hydrogen-bond acceptors (Lipinski definition) is 2. The molecule has 0 aromatic heterocycles. The molecule has 1 aromatic carbocycles. The van der Waals surface area contributed by atoms with Crippen LogP contribution in [0, 0.1) is 18.2 Å². The predicted molar refractivity (Wildman–Crippen MR) is 52.4 cm³/mol. The van der Waals surface area contributed by atoms with Gasteiger partial charge in [0.25, 0.3) is 0 Å². The highest BCUT2D eigenvalue weighted by Gasteiger charge is 2.04. The molecule has 72 valence electrons. The molecule has 0 aliphatic rings. The van der Waals surface area contributed by atoms with Crippen LogP contribution in [-0.4, -0.2) is 18.9 Å². The summed E-state index contributed by atoms with van der Waals surface area (Å²) in [6.07, 6.45) is 4.99. The normalized spacial score (nSPS) is 9.43. The van der Waals surface area contributed by atoms with E-state index in [-0.39, 0.29) is 12.3 Å². The Morgan fingerprint density at radius 3 is 3.00 bits per heavy atom. The van der Waals surface area contributed by atoms with Gasteiger partial charge < -0.3 is 0 Å². The Hall–Kier alpha value is -1.66. The molecular formula is C11H10FNO. The van der Waals surface area contributed by atoms with Crippen LogP contribution in [0.2, 0.25) is 0 Å². The van der Waals surface area contributed by atoms with Gasteiger partial charge in [-0.25, -0.2) is 4.39 Å². The minimum absolute atomic E-state index is 0.133. The highest BCUT2D eigenvalue weighted by Crippen LogP contribution is 2.03. The third-order valence-corrected chi connectivity index (χ3v) is 1.66. The Labute approximate surface area is 82.1 Å². The number of ketones is 1. The van der Waals surface area contributed by atoms with Crippen LogP contribution in [0.5, 0.6) is 0 Å². The van der Waals surface area contributed by atoms with E-state index in [1.807, 2.05) is 0 Å². The molecule has 0 heterocycles. The lowest BCUT2D eigenvalue weighted by atomic mass is 10.1. The molecule has 0 unspecified atom stereocenters. The quantitative estimate of drug-likeness (QED) is 0.440. The van der Waals surface area contributed by atoms with Crippen LogP contribution in [0.15, 0.2) is 24.3 Å². The van der Waals surface area contributed by atoms with E-state index in [1.165, 1.54) is 18.2 Å². The van der Waals surface area contributed by atoms with Crippen LogP contribution in [-0.2, 0) is 0 Å².